The van der Waals surface area contributed by atoms with Crippen molar-refractivity contribution in [3.8, 4) is 0 Å². The van der Waals surface area contributed by atoms with E-state index >= 15 is 0 Å². The van der Waals surface area contributed by atoms with Gasteiger partial charge in [-0.05, 0) is 25.7 Å². The summed E-state index contributed by atoms with van der Waals surface area (Å²) in [7, 11) is 0. The lowest BCUT2D eigenvalue weighted by Crippen LogP contribution is -2.38. The minimum Gasteiger partial charge on any atom is -0.480 e. The van der Waals surface area contributed by atoms with Gasteiger partial charge in [-0.1, -0.05) is 25.3 Å². The fraction of sp³-hybridized carbons (Fsp3) is 0.800. The zero-order chi connectivity index (χ0) is 13.7. The highest BCUT2D eigenvalue weighted by Crippen LogP contribution is 2.41. The van der Waals surface area contributed by atoms with Crippen molar-refractivity contribution in [1.82, 2.24) is 4.90 Å². The normalized spacial score (nSPS) is 25.8. The largest absolute Gasteiger partial charge is 0.480 e. The molecule has 0 aromatic rings. The topological polar surface area (TPSA) is 49.8 Å². The van der Waals surface area contributed by atoms with E-state index in [1.807, 2.05) is 4.90 Å². The molecule has 1 saturated heterocycles. The Morgan fingerprint density at radius 3 is 2.74 bits per heavy atom. The molecule has 1 spiro atoms. The highest BCUT2D eigenvalue weighted by Gasteiger charge is 2.41. The zero-order valence-electron chi connectivity index (χ0n) is 11.6. The maximum atomic E-state index is 10.8. The van der Waals surface area contributed by atoms with E-state index in [9.17, 15) is 4.79 Å². The average Bonchev–Trinajstić information content (AvgIpc) is 2.72. The summed E-state index contributed by atoms with van der Waals surface area (Å²) in [6.07, 6.45) is 10.4. The van der Waals surface area contributed by atoms with E-state index < -0.39 is 5.97 Å². The standard InChI is InChI=1S/C15H25NO3/c1-2-10-16(12-14(17)18)11-13-6-9-15(19-13)7-4-3-5-8-15/h2,13H,1,3-12H2,(H,17,18). The van der Waals surface area contributed by atoms with E-state index in [-0.39, 0.29) is 18.2 Å². The Hall–Kier alpha value is -0.870. The molecule has 0 amide bonds. The van der Waals surface area contributed by atoms with Gasteiger partial charge in [-0.2, -0.15) is 0 Å². The molecule has 4 nitrogen and oxygen atoms in total. The molecule has 4 heteroatoms. The van der Waals surface area contributed by atoms with Crippen LogP contribution in [0.1, 0.15) is 44.9 Å². The SMILES string of the molecule is C=CCN(CC(=O)O)CC1CCC2(CCCCC2)O1. The second-order valence-electron chi connectivity index (χ2n) is 5.90. The molecular formula is C15H25NO3. The highest BCUT2D eigenvalue weighted by molar-refractivity contribution is 5.69. The van der Waals surface area contributed by atoms with Gasteiger partial charge in [-0.25, -0.2) is 0 Å². The summed E-state index contributed by atoms with van der Waals surface area (Å²) in [6, 6.07) is 0. The number of carboxylic acids is 1. The molecule has 108 valence electrons. The maximum absolute atomic E-state index is 10.8. The molecule has 2 aliphatic rings. The van der Waals surface area contributed by atoms with Gasteiger partial charge in [-0.3, -0.25) is 9.69 Å². The van der Waals surface area contributed by atoms with Crippen LogP contribution in [-0.4, -0.2) is 47.3 Å². The third-order valence-electron chi connectivity index (χ3n) is 4.31. The molecule has 2 rings (SSSR count). The van der Waals surface area contributed by atoms with E-state index in [1.165, 1.54) is 32.1 Å². The van der Waals surface area contributed by atoms with Crippen LogP contribution in [0.25, 0.3) is 0 Å². The van der Waals surface area contributed by atoms with Crippen molar-refractivity contribution < 1.29 is 14.6 Å². The number of carbonyl (C=O) groups is 1. The van der Waals surface area contributed by atoms with Crippen LogP contribution >= 0.6 is 0 Å². The van der Waals surface area contributed by atoms with Crippen LogP contribution in [0.3, 0.4) is 0 Å². The average molecular weight is 267 g/mol. The third kappa shape index (κ3) is 4.05. The molecule has 1 saturated carbocycles. The molecule has 1 aliphatic heterocycles. The van der Waals surface area contributed by atoms with Crippen molar-refractivity contribution >= 4 is 5.97 Å². The summed E-state index contributed by atoms with van der Waals surface area (Å²) in [5.41, 5.74) is 0.117. The van der Waals surface area contributed by atoms with Crippen molar-refractivity contribution in [1.29, 1.82) is 0 Å². The van der Waals surface area contributed by atoms with Crippen LogP contribution in [0, 0.1) is 0 Å². The Kier molecular flexibility index (Phi) is 4.99. The Bertz CT molecular complexity index is 323. The van der Waals surface area contributed by atoms with Crippen molar-refractivity contribution in [2.75, 3.05) is 19.6 Å². The van der Waals surface area contributed by atoms with E-state index in [1.54, 1.807) is 6.08 Å². The Morgan fingerprint density at radius 1 is 1.37 bits per heavy atom. The lowest BCUT2D eigenvalue weighted by atomic mass is 9.83. The van der Waals surface area contributed by atoms with Crippen molar-refractivity contribution in [3.05, 3.63) is 12.7 Å². The molecular weight excluding hydrogens is 242 g/mol. The number of hydrogen-bond donors (Lipinski definition) is 1. The second kappa shape index (κ2) is 6.53. The molecule has 2 fully saturated rings. The Labute approximate surface area is 115 Å². The predicted octanol–water partition coefficient (Wildman–Crippen LogP) is 2.44. The molecule has 0 aromatic heterocycles. The first-order valence-corrected chi connectivity index (χ1v) is 7.36. The molecule has 0 aromatic carbocycles. The molecule has 19 heavy (non-hydrogen) atoms. The Morgan fingerprint density at radius 2 is 2.11 bits per heavy atom. The maximum Gasteiger partial charge on any atom is 0.317 e. The zero-order valence-corrected chi connectivity index (χ0v) is 11.6. The minimum atomic E-state index is -0.785. The first kappa shape index (κ1) is 14.5. The Balaban J connectivity index is 1.85. The van der Waals surface area contributed by atoms with Crippen LogP contribution in [0.5, 0.6) is 0 Å². The summed E-state index contributed by atoms with van der Waals surface area (Å²) >= 11 is 0. The molecule has 1 atom stereocenters. The van der Waals surface area contributed by atoms with E-state index in [4.69, 9.17) is 9.84 Å². The summed E-state index contributed by atoms with van der Waals surface area (Å²) in [4.78, 5) is 12.7. The number of nitrogens with zero attached hydrogens (tertiary/aromatic N) is 1. The minimum absolute atomic E-state index is 0.0683. The predicted molar refractivity (Wildman–Crippen MR) is 74.2 cm³/mol. The first-order valence-electron chi connectivity index (χ1n) is 7.36. The van der Waals surface area contributed by atoms with Crippen molar-refractivity contribution in [2.45, 2.75) is 56.7 Å². The quantitative estimate of drug-likeness (QED) is 0.751. The number of aliphatic carboxylic acids is 1. The van der Waals surface area contributed by atoms with Gasteiger partial charge in [0, 0.05) is 13.1 Å². The smallest absolute Gasteiger partial charge is 0.317 e. The monoisotopic (exact) mass is 267 g/mol. The molecule has 1 unspecified atom stereocenters. The number of hydrogen-bond acceptors (Lipinski definition) is 3. The van der Waals surface area contributed by atoms with Crippen LogP contribution in [0.15, 0.2) is 12.7 Å². The van der Waals surface area contributed by atoms with Gasteiger partial charge in [0.1, 0.15) is 0 Å². The van der Waals surface area contributed by atoms with Crippen LogP contribution in [0.4, 0.5) is 0 Å². The van der Waals surface area contributed by atoms with Crippen LogP contribution < -0.4 is 0 Å². The van der Waals surface area contributed by atoms with Gasteiger partial charge < -0.3 is 9.84 Å². The van der Waals surface area contributed by atoms with E-state index in [2.05, 4.69) is 6.58 Å². The fourth-order valence-electron chi connectivity index (χ4n) is 3.45. The molecule has 0 bridgehead atoms. The second-order valence-corrected chi connectivity index (χ2v) is 5.90. The molecule has 1 aliphatic carbocycles. The van der Waals surface area contributed by atoms with Crippen molar-refractivity contribution in [2.24, 2.45) is 0 Å². The van der Waals surface area contributed by atoms with Gasteiger partial charge in [0.15, 0.2) is 0 Å². The van der Waals surface area contributed by atoms with Crippen LogP contribution in [-0.2, 0) is 9.53 Å². The van der Waals surface area contributed by atoms with Gasteiger partial charge in [0.05, 0.1) is 18.2 Å². The third-order valence-corrected chi connectivity index (χ3v) is 4.31. The number of ether oxygens (including phenoxy) is 1. The van der Waals surface area contributed by atoms with Gasteiger partial charge in [-0.15, -0.1) is 6.58 Å². The van der Waals surface area contributed by atoms with Gasteiger partial charge in [0.2, 0.25) is 0 Å². The van der Waals surface area contributed by atoms with E-state index in [0.717, 1.165) is 12.8 Å². The van der Waals surface area contributed by atoms with Gasteiger partial charge in [0.25, 0.3) is 0 Å². The summed E-state index contributed by atoms with van der Waals surface area (Å²) in [6.45, 7) is 5.08. The van der Waals surface area contributed by atoms with Crippen molar-refractivity contribution in [3.63, 3.8) is 0 Å². The molecule has 1 heterocycles. The molecule has 1 N–H and O–H groups in total. The first-order chi connectivity index (χ1) is 9.13. The fourth-order valence-corrected chi connectivity index (χ4v) is 3.45. The van der Waals surface area contributed by atoms with Gasteiger partial charge >= 0.3 is 5.97 Å². The van der Waals surface area contributed by atoms with E-state index in [0.29, 0.717) is 13.1 Å². The number of rotatable bonds is 6. The lowest BCUT2D eigenvalue weighted by molar-refractivity contribution is -0.138. The summed E-state index contributed by atoms with van der Waals surface area (Å²) in [5, 5.41) is 8.91. The highest BCUT2D eigenvalue weighted by atomic mass is 16.5. The van der Waals surface area contributed by atoms with Crippen LogP contribution in [0.2, 0.25) is 0 Å². The summed E-state index contributed by atoms with van der Waals surface area (Å²) in [5.74, 6) is -0.785. The lowest BCUT2D eigenvalue weighted by Gasteiger charge is -2.34. The summed E-state index contributed by atoms with van der Waals surface area (Å²) < 4.78 is 6.28. The molecule has 0 radical (unpaired) electrons. The number of carboxylic acid groups (broad SMARTS) is 1.